The molecule has 5 nitrogen and oxygen atoms in total. The molecule has 0 N–H and O–H groups in total. The van der Waals surface area contributed by atoms with E-state index in [1.54, 1.807) is 0 Å². The zero-order valence-electron chi connectivity index (χ0n) is 23.3. The zero-order chi connectivity index (χ0) is 24.7. The second kappa shape index (κ2) is 18.5. The number of hydrogen-bond donors (Lipinski definition) is 0. The monoisotopic (exact) mass is 726 g/mol. The fourth-order valence-corrected chi connectivity index (χ4v) is 5.01. The Morgan fingerprint density at radius 3 is 1.50 bits per heavy atom. The molecule has 40 heavy (non-hydrogen) atoms. The van der Waals surface area contributed by atoms with Crippen molar-refractivity contribution in [1.82, 2.24) is 4.98 Å². The normalized spacial score (nSPS) is 19.6. The van der Waals surface area contributed by atoms with Crippen LogP contribution in [0.15, 0.2) is 85.8 Å². The van der Waals surface area contributed by atoms with Gasteiger partial charge >= 0.3 is 40.8 Å². The van der Waals surface area contributed by atoms with Gasteiger partial charge in [0, 0.05) is 0 Å². The van der Waals surface area contributed by atoms with Crippen molar-refractivity contribution in [2.24, 2.45) is 20.0 Å². The molecule has 0 saturated carbocycles. The Hall–Kier alpha value is -0.989. The third-order valence-corrected chi connectivity index (χ3v) is 7.10. The summed E-state index contributed by atoms with van der Waals surface area (Å²) in [5.74, 6) is 1.39. The van der Waals surface area contributed by atoms with Crippen molar-refractivity contribution in [1.29, 1.82) is 0 Å². The number of unbranched alkanes of at least 4 members (excludes halogenated alkanes) is 6. The number of nitrogens with zero attached hydrogens (tertiary/aromatic N) is 5. The predicted molar refractivity (Wildman–Crippen MR) is 152 cm³/mol. The molecule has 2 atom stereocenters. The van der Waals surface area contributed by atoms with E-state index in [2.05, 4.69) is 50.3 Å². The standard InChI is InChI=1S/C31H37N5.3ClH.Nd/c1-3-5-7-9-12-22-16-18-24-28(20-22)35-30(33-24)26-14-11-15-27(32-26)31-34-25-19-17-23(21-29(25)36-31)13-10-8-6-4-2;;;;/h11,14-21,24-25H,3-10,12-13H2,1-2H3;3*1H;/q;;;;+3/p-3. The Bertz CT molecular complexity index is 1150. The molecule has 1 aromatic rings. The van der Waals surface area contributed by atoms with Crippen molar-refractivity contribution >= 4 is 23.1 Å². The smallest absolute Gasteiger partial charge is 1.00 e. The second-order valence-electron chi connectivity index (χ2n) is 10.1. The van der Waals surface area contributed by atoms with Gasteiger partial charge in [0.25, 0.3) is 0 Å². The van der Waals surface area contributed by atoms with Gasteiger partial charge in [0.2, 0.25) is 0 Å². The number of allylic oxidation sites excluding steroid dienone is 4. The van der Waals surface area contributed by atoms with Crippen molar-refractivity contribution in [3.05, 3.63) is 77.2 Å². The molecule has 0 saturated heterocycles. The summed E-state index contributed by atoms with van der Waals surface area (Å²) in [5, 5.41) is 0. The molecular weight excluding hydrogens is 693 g/mol. The van der Waals surface area contributed by atoms with E-state index in [1.165, 1.54) is 62.5 Å². The van der Waals surface area contributed by atoms with Crippen LogP contribution in [0.5, 0.6) is 0 Å². The number of pyridine rings is 1. The number of aromatic nitrogens is 1. The number of hydrogen-bond acceptors (Lipinski definition) is 5. The molecule has 211 valence electrons. The van der Waals surface area contributed by atoms with Crippen molar-refractivity contribution in [2.75, 3.05) is 0 Å². The molecule has 0 bridgehead atoms. The molecule has 0 amide bonds. The summed E-state index contributed by atoms with van der Waals surface area (Å²) in [5.41, 5.74) is 6.31. The fourth-order valence-electron chi connectivity index (χ4n) is 5.01. The molecule has 2 aliphatic heterocycles. The minimum atomic E-state index is 0. The Morgan fingerprint density at radius 2 is 1.07 bits per heavy atom. The van der Waals surface area contributed by atoms with Gasteiger partial charge in [0.05, 0.1) is 11.4 Å². The summed E-state index contributed by atoms with van der Waals surface area (Å²) in [6.07, 6.45) is 25.6. The minimum absolute atomic E-state index is 0. The number of fused-ring (bicyclic) bond motifs is 2. The summed E-state index contributed by atoms with van der Waals surface area (Å²) in [6, 6.07) is 5.97. The fraction of sp³-hybridized carbons (Fsp3) is 0.452. The van der Waals surface area contributed by atoms with Crippen LogP contribution in [0.3, 0.4) is 0 Å². The summed E-state index contributed by atoms with van der Waals surface area (Å²) in [4.78, 5) is 24.2. The van der Waals surface area contributed by atoms with Crippen LogP contribution in [0.25, 0.3) is 0 Å². The van der Waals surface area contributed by atoms with E-state index in [0.717, 1.165) is 35.7 Å². The maximum Gasteiger partial charge on any atom is 3.00 e. The average molecular weight is 730 g/mol. The number of aliphatic imine (C=N–C) groups is 4. The van der Waals surface area contributed by atoms with Crippen molar-refractivity contribution in [3.63, 3.8) is 0 Å². The van der Waals surface area contributed by atoms with Crippen LogP contribution in [-0.2, 0) is 0 Å². The first-order valence-corrected chi connectivity index (χ1v) is 13.8. The quantitative estimate of drug-likeness (QED) is 0.234. The van der Waals surface area contributed by atoms with Gasteiger partial charge in [-0.25, -0.2) is 15.0 Å². The van der Waals surface area contributed by atoms with Crippen LogP contribution in [0.4, 0.5) is 0 Å². The van der Waals surface area contributed by atoms with Gasteiger partial charge in [-0.3, -0.25) is 9.98 Å². The van der Waals surface area contributed by atoms with Gasteiger partial charge in [-0.15, -0.1) is 0 Å². The van der Waals surface area contributed by atoms with E-state index >= 15 is 0 Å². The zero-order valence-corrected chi connectivity index (χ0v) is 28.8. The van der Waals surface area contributed by atoms with Gasteiger partial charge in [-0.1, -0.05) is 82.7 Å². The topological polar surface area (TPSA) is 62.3 Å². The molecule has 3 heterocycles. The van der Waals surface area contributed by atoms with E-state index in [-0.39, 0.29) is 90.1 Å². The third kappa shape index (κ3) is 9.52. The van der Waals surface area contributed by atoms with Crippen LogP contribution >= 0.6 is 0 Å². The van der Waals surface area contributed by atoms with Crippen molar-refractivity contribution < 1.29 is 78.1 Å². The molecule has 0 fully saturated rings. The molecule has 9 heteroatoms. The molecule has 4 aliphatic rings. The molecule has 2 aliphatic carbocycles. The summed E-state index contributed by atoms with van der Waals surface area (Å²) < 4.78 is 0. The van der Waals surface area contributed by atoms with Crippen LogP contribution in [0.1, 0.15) is 89.4 Å². The number of amidine groups is 2. The first-order chi connectivity index (χ1) is 17.7. The molecule has 5 rings (SSSR count). The maximum absolute atomic E-state index is 4.87. The van der Waals surface area contributed by atoms with Gasteiger partial charge < -0.3 is 37.2 Å². The van der Waals surface area contributed by atoms with Crippen LogP contribution in [0.2, 0.25) is 0 Å². The molecule has 0 aromatic carbocycles. The molecule has 2 unspecified atom stereocenters. The van der Waals surface area contributed by atoms with E-state index in [1.807, 2.05) is 18.2 Å². The Kier molecular flexibility index (Phi) is 17.2. The number of rotatable bonds is 12. The second-order valence-corrected chi connectivity index (χ2v) is 10.1. The Morgan fingerprint density at radius 1 is 0.625 bits per heavy atom. The van der Waals surface area contributed by atoms with E-state index < -0.39 is 0 Å². The predicted octanol–water partition coefficient (Wildman–Crippen LogP) is -1.83. The van der Waals surface area contributed by atoms with Crippen LogP contribution in [0, 0.1) is 40.8 Å². The summed E-state index contributed by atoms with van der Waals surface area (Å²) in [7, 11) is 0. The molecule has 0 spiro atoms. The largest absolute Gasteiger partial charge is 3.00 e. The third-order valence-electron chi connectivity index (χ3n) is 7.10. The van der Waals surface area contributed by atoms with Crippen LogP contribution in [-0.4, -0.2) is 40.2 Å². The first kappa shape index (κ1) is 37.0. The maximum atomic E-state index is 4.87. The first-order valence-electron chi connectivity index (χ1n) is 13.8. The van der Waals surface area contributed by atoms with E-state index in [0.29, 0.717) is 11.7 Å². The van der Waals surface area contributed by atoms with Gasteiger partial charge in [0.15, 0.2) is 11.7 Å². The Labute approximate surface area is 290 Å². The number of halogens is 3. The van der Waals surface area contributed by atoms with E-state index in [4.69, 9.17) is 25.0 Å². The van der Waals surface area contributed by atoms with Crippen molar-refractivity contribution in [3.8, 4) is 0 Å². The average Bonchev–Trinajstić information content (AvgIpc) is 3.53. The van der Waals surface area contributed by atoms with Crippen LogP contribution < -0.4 is 37.2 Å². The molecule has 1 radical (unpaired) electrons. The van der Waals surface area contributed by atoms with Gasteiger partial charge in [-0.05, 0) is 61.1 Å². The van der Waals surface area contributed by atoms with Gasteiger partial charge in [-0.2, -0.15) is 0 Å². The summed E-state index contributed by atoms with van der Waals surface area (Å²) in [6.45, 7) is 4.50. The van der Waals surface area contributed by atoms with Gasteiger partial charge in [0.1, 0.15) is 23.5 Å². The molecular formula is C31H37Cl3N5Nd. The summed E-state index contributed by atoms with van der Waals surface area (Å²) >= 11 is 0. The minimum Gasteiger partial charge on any atom is -1.00 e. The molecule has 1 aromatic heterocycles. The van der Waals surface area contributed by atoms with E-state index in [9.17, 15) is 0 Å². The Balaban J connectivity index is 0.00000200. The SMILES string of the molecule is CCCCCCC1=CC2=NC(c3cccc(C4=NC5C=CC(CCCCCC)=CC5=N4)n3)=NC2C=C1.[Cl-].[Cl-].[Cl-].[Nd+3]. The van der Waals surface area contributed by atoms with Crippen molar-refractivity contribution in [2.45, 2.75) is 90.1 Å².